The molecule has 15 heavy (non-hydrogen) atoms. The van der Waals surface area contributed by atoms with E-state index < -0.39 is 0 Å². The van der Waals surface area contributed by atoms with Crippen LogP contribution in [0.5, 0.6) is 0 Å². The number of aromatic nitrogens is 2. The number of likely N-dealkylation sites (tertiary alicyclic amines) is 1. The minimum absolute atomic E-state index is 0.589. The first kappa shape index (κ1) is 10.6. The molecule has 1 aliphatic heterocycles. The number of hydrogen-bond acceptors (Lipinski definition) is 3. The Hall–Kier alpha value is -0.870. The third kappa shape index (κ3) is 2.79. The van der Waals surface area contributed by atoms with Gasteiger partial charge in [-0.1, -0.05) is 6.42 Å². The van der Waals surface area contributed by atoms with E-state index in [0.29, 0.717) is 6.54 Å². The van der Waals surface area contributed by atoms with Gasteiger partial charge in [0.25, 0.3) is 0 Å². The van der Waals surface area contributed by atoms with Crippen LogP contribution in [0.3, 0.4) is 0 Å². The molecule has 0 radical (unpaired) electrons. The Bertz CT molecular complexity index is 289. The molecule has 1 saturated heterocycles. The lowest BCUT2D eigenvalue weighted by molar-refractivity contribution is 0.231. The smallest absolute Gasteiger partial charge is 0.0535 e. The van der Waals surface area contributed by atoms with Gasteiger partial charge in [-0.15, -0.1) is 0 Å². The highest BCUT2D eigenvalue weighted by atomic mass is 15.1. The monoisotopic (exact) mass is 208 g/mol. The van der Waals surface area contributed by atoms with Crippen LogP contribution in [-0.4, -0.2) is 34.7 Å². The molecule has 0 atom stereocenters. The first-order valence-electron chi connectivity index (χ1n) is 5.83. The van der Waals surface area contributed by atoms with Gasteiger partial charge in [0.15, 0.2) is 0 Å². The quantitative estimate of drug-likeness (QED) is 0.773. The molecule has 3 N–H and O–H groups in total. The molecule has 0 aliphatic carbocycles. The molecule has 1 aromatic heterocycles. The van der Waals surface area contributed by atoms with Crippen molar-refractivity contribution in [3.05, 3.63) is 17.5 Å². The van der Waals surface area contributed by atoms with Gasteiger partial charge < -0.3 is 10.6 Å². The van der Waals surface area contributed by atoms with Gasteiger partial charge in [0.1, 0.15) is 0 Å². The molecular weight excluding hydrogens is 188 g/mol. The van der Waals surface area contributed by atoms with Crippen LogP contribution in [0, 0.1) is 0 Å². The van der Waals surface area contributed by atoms with Crippen LogP contribution in [0.1, 0.15) is 30.5 Å². The van der Waals surface area contributed by atoms with E-state index in [2.05, 4.69) is 15.1 Å². The first-order valence-corrected chi connectivity index (χ1v) is 5.83. The van der Waals surface area contributed by atoms with Gasteiger partial charge in [-0.25, -0.2) is 0 Å². The molecule has 2 rings (SSSR count). The van der Waals surface area contributed by atoms with E-state index >= 15 is 0 Å². The second-order valence-electron chi connectivity index (χ2n) is 4.23. The normalized spacial score (nSPS) is 18.2. The zero-order chi connectivity index (χ0) is 10.5. The van der Waals surface area contributed by atoms with E-state index in [4.69, 9.17) is 5.73 Å². The molecule has 4 heteroatoms. The van der Waals surface area contributed by atoms with Crippen LogP contribution in [0.4, 0.5) is 0 Å². The molecular formula is C11H20N4. The molecule has 0 aromatic carbocycles. The number of nitrogens with two attached hydrogens (primary N) is 1. The van der Waals surface area contributed by atoms with Crippen molar-refractivity contribution in [2.45, 2.75) is 32.2 Å². The average Bonchev–Trinajstić information content (AvgIpc) is 2.75. The van der Waals surface area contributed by atoms with Crippen LogP contribution >= 0.6 is 0 Å². The molecule has 84 valence electrons. The number of hydrogen-bond donors (Lipinski definition) is 2. The van der Waals surface area contributed by atoms with Crippen LogP contribution in [0.25, 0.3) is 0 Å². The van der Waals surface area contributed by atoms with Crippen molar-refractivity contribution in [2.75, 3.05) is 19.6 Å². The topological polar surface area (TPSA) is 57.9 Å². The van der Waals surface area contributed by atoms with E-state index in [-0.39, 0.29) is 0 Å². The molecule has 1 fully saturated rings. The van der Waals surface area contributed by atoms with Crippen molar-refractivity contribution in [3.8, 4) is 0 Å². The fraction of sp³-hybridized carbons (Fsp3) is 0.727. The third-order valence-corrected chi connectivity index (χ3v) is 3.15. The predicted octanol–water partition coefficient (Wildman–Crippen LogP) is 0.897. The summed E-state index contributed by atoms with van der Waals surface area (Å²) in [6.07, 6.45) is 6.99. The van der Waals surface area contributed by atoms with Crippen molar-refractivity contribution >= 4 is 0 Å². The third-order valence-electron chi connectivity index (χ3n) is 3.15. The summed E-state index contributed by atoms with van der Waals surface area (Å²) >= 11 is 0. The van der Waals surface area contributed by atoms with Gasteiger partial charge in [-0.3, -0.25) is 5.10 Å². The molecule has 0 bridgehead atoms. The predicted molar refractivity (Wildman–Crippen MR) is 60.5 cm³/mol. The zero-order valence-corrected chi connectivity index (χ0v) is 9.21. The van der Waals surface area contributed by atoms with Crippen molar-refractivity contribution in [1.82, 2.24) is 15.1 Å². The van der Waals surface area contributed by atoms with Gasteiger partial charge >= 0.3 is 0 Å². The number of piperidine rings is 1. The van der Waals surface area contributed by atoms with Crippen LogP contribution in [0.15, 0.2) is 6.20 Å². The summed E-state index contributed by atoms with van der Waals surface area (Å²) in [5.74, 6) is 0. The Kier molecular flexibility index (Phi) is 3.75. The van der Waals surface area contributed by atoms with Crippen LogP contribution in [-0.2, 0) is 13.0 Å². The number of nitrogens with one attached hydrogen (secondary N) is 1. The maximum atomic E-state index is 5.63. The Morgan fingerprint density at radius 1 is 1.33 bits per heavy atom. The Balaban J connectivity index is 1.81. The maximum Gasteiger partial charge on any atom is 0.0535 e. The lowest BCUT2D eigenvalue weighted by Crippen LogP contribution is -2.31. The zero-order valence-electron chi connectivity index (χ0n) is 9.21. The van der Waals surface area contributed by atoms with Crippen molar-refractivity contribution < 1.29 is 0 Å². The summed E-state index contributed by atoms with van der Waals surface area (Å²) in [6.45, 7) is 4.24. The fourth-order valence-corrected chi connectivity index (χ4v) is 2.18. The largest absolute Gasteiger partial charge is 0.326 e. The number of rotatable bonds is 4. The summed E-state index contributed by atoms with van der Waals surface area (Å²) < 4.78 is 0. The molecule has 1 aliphatic rings. The molecule has 0 amide bonds. The van der Waals surface area contributed by atoms with Gasteiger partial charge in [0.05, 0.1) is 6.20 Å². The van der Waals surface area contributed by atoms with E-state index in [1.165, 1.54) is 38.0 Å². The lowest BCUT2D eigenvalue weighted by atomic mass is 10.1. The van der Waals surface area contributed by atoms with E-state index in [1.54, 1.807) is 0 Å². The van der Waals surface area contributed by atoms with Crippen LogP contribution < -0.4 is 5.73 Å². The minimum Gasteiger partial charge on any atom is -0.326 e. The second kappa shape index (κ2) is 5.28. The molecule has 1 aromatic rings. The molecule has 2 heterocycles. The molecule has 0 unspecified atom stereocenters. The molecule has 4 nitrogen and oxygen atoms in total. The van der Waals surface area contributed by atoms with E-state index in [9.17, 15) is 0 Å². The standard InChI is InChI=1S/C11H20N4/c12-8-10-9-13-14-11(10)4-7-15-5-2-1-3-6-15/h9H,1-8,12H2,(H,13,14). The number of nitrogens with zero attached hydrogens (tertiary/aromatic N) is 2. The second-order valence-corrected chi connectivity index (χ2v) is 4.23. The maximum absolute atomic E-state index is 5.63. The highest BCUT2D eigenvalue weighted by Crippen LogP contribution is 2.10. The summed E-state index contributed by atoms with van der Waals surface area (Å²) in [7, 11) is 0. The number of H-pyrrole nitrogens is 1. The summed E-state index contributed by atoms with van der Waals surface area (Å²) in [4.78, 5) is 2.53. The minimum atomic E-state index is 0.589. The van der Waals surface area contributed by atoms with E-state index in [0.717, 1.165) is 18.5 Å². The Morgan fingerprint density at radius 2 is 2.13 bits per heavy atom. The van der Waals surface area contributed by atoms with Gasteiger partial charge in [0.2, 0.25) is 0 Å². The summed E-state index contributed by atoms with van der Waals surface area (Å²) in [5.41, 5.74) is 8.00. The van der Waals surface area contributed by atoms with Crippen LogP contribution in [0.2, 0.25) is 0 Å². The molecule has 0 saturated carbocycles. The first-order chi connectivity index (χ1) is 7.40. The summed E-state index contributed by atoms with van der Waals surface area (Å²) in [5, 5.41) is 7.07. The van der Waals surface area contributed by atoms with E-state index in [1.807, 2.05) is 6.20 Å². The highest BCUT2D eigenvalue weighted by Gasteiger charge is 2.11. The summed E-state index contributed by atoms with van der Waals surface area (Å²) in [6, 6.07) is 0. The van der Waals surface area contributed by atoms with Crippen molar-refractivity contribution in [1.29, 1.82) is 0 Å². The van der Waals surface area contributed by atoms with Gasteiger partial charge in [-0.2, -0.15) is 5.10 Å². The lowest BCUT2D eigenvalue weighted by Gasteiger charge is -2.26. The molecule has 0 spiro atoms. The Labute approximate surface area is 90.8 Å². The fourth-order valence-electron chi connectivity index (χ4n) is 2.18. The average molecular weight is 208 g/mol. The SMILES string of the molecule is NCc1cn[nH]c1CCN1CCCCC1. The van der Waals surface area contributed by atoms with Crippen molar-refractivity contribution in [3.63, 3.8) is 0 Å². The van der Waals surface area contributed by atoms with Gasteiger partial charge in [-0.05, 0) is 25.9 Å². The Morgan fingerprint density at radius 3 is 2.87 bits per heavy atom. The number of aromatic amines is 1. The highest BCUT2D eigenvalue weighted by molar-refractivity contribution is 5.16. The van der Waals surface area contributed by atoms with Gasteiger partial charge in [0, 0.05) is 30.8 Å². The van der Waals surface area contributed by atoms with Crippen molar-refractivity contribution in [2.24, 2.45) is 5.73 Å².